The van der Waals surface area contributed by atoms with Gasteiger partial charge in [-0.25, -0.2) is 4.98 Å². The molecule has 1 aliphatic rings. The van der Waals surface area contributed by atoms with Gasteiger partial charge in [0.25, 0.3) is 0 Å². The molecule has 1 aromatic heterocycles. The fourth-order valence-electron chi connectivity index (χ4n) is 2.49. The molecule has 1 amide bonds. The summed E-state index contributed by atoms with van der Waals surface area (Å²) in [6, 6.07) is 3.44. The van der Waals surface area contributed by atoms with Crippen molar-refractivity contribution in [2.24, 2.45) is 0 Å². The largest absolute Gasteiger partial charge is 0.474 e. The number of aromatic nitrogens is 1. The van der Waals surface area contributed by atoms with Crippen LogP contribution in [0.5, 0.6) is 5.88 Å². The summed E-state index contributed by atoms with van der Waals surface area (Å²) in [6.07, 6.45) is 2.88. The first-order chi connectivity index (χ1) is 11.4. The molecule has 0 bridgehead atoms. The Morgan fingerprint density at radius 3 is 2.75 bits per heavy atom. The van der Waals surface area contributed by atoms with Crippen molar-refractivity contribution in [3.05, 3.63) is 23.9 Å². The van der Waals surface area contributed by atoms with Gasteiger partial charge in [0.2, 0.25) is 11.8 Å². The smallest absolute Gasteiger partial charge is 0.411 e. The predicted octanol–water partition coefficient (Wildman–Crippen LogP) is 2.99. The van der Waals surface area contributed by atoms with E-state index in [2.05, 4.69) is 15.0 Å². The zero-order valence-electron chi connectivity index (χ0n) is 13.3. The number of hydrogen-bond acceptors (Lipinski definition) is 4. The molecule has 0 atom stereocenters. The van der Waals surface area contributed by atoms with E-state index in [1.165, 1.54) is 6.42 Å². The van der Waals surface area contributed by atoms with Crippen LogP contribution in [0.2, 0.25) is 0 Å². The second kappa shape index (κ2) is 8.86. The van der Waals surface area contributed by atoms with Crippen LogP contribution in [-0.2, 0) is 16.1 Å². The Morgan fingerprint density at radius 2 is 2.04 bits per heavy atom. The van der Waals surface area contributed by atoms with E-state index >= 15 is 0 Å². The highest BCUT2D eigenvalue weighted by Gasteiger charge is 2.27. The minimum absolute atomic E-state index is 0.173. The van der Waals surface area contributed by atoms with Crippen molar-refractivity contribution in [2.45, 2.75) is 50.9 Å². The molecule has 1 saturated carbocycles. The fourth-order valence-corrected chi connectivity index (χ4v) is 2.49. The Hall–Kier alpha value is -1.83. The molecule has 2 rings (SSSR count). The van der Waals surface area contributed by atoms with Gasteiger partial charge in [0.05, 0.1) is 0 Å². The Balaban J connectivity index is 1.74. The van der Waals surface area contributed by atoms with E-state index in [-0.39, 0.29) is 12.6 Å². The maximum Gasteiger partial charge on any atom is 0.411 e. The average molecular weight is 346 g/mol. The highest BCUT2D eigenvalue weighted by molar-refractivity contribution is 5.77. The molecular formula is C16H21F3N2O3. The topological polar surface area (TPSA) is 60.5 Å². The molecule has 1 heterocycles. The molecule has 134 valence electrons. The Labute approximate surface area is 138 Å². The molecule has 1 N–H and O–H groups in total. The summed E-state index contributed by atoms with van der Waals surface area (Å²) < 4.78 is 45.9. The zero-order valence-corrected chi connectivity index (χ0v) is 13.3. The van der Waals surface area contributed by atoms with Gasteiger partial charge in [0.15, 0.2) is 0 Å². The van der Waals surface area contributed by atoms with Crippen LogP contribution in [0.15, 0.2) is 18.3 Å². The van der Waals surface area contributed by atoms with Gasteiger partial charge in [0.1, 0.15) is 19.3 Å². The SMILES string of the molecule is O=C(COCC(F)(F)F)NCc1ccnc(OC2CCCCC2)c1. The van der Waals surface area contributed by atoms with Gasteiger partial charge in [-0.05, 0) is 37.3 Å². The number of halogens is 3. The molecule has 0 unspecified atom stereocenters. The third-order valence-corrected chi connectivity index (χ3v) is 3.63. The summed E-state index contributed by atoms with van der Waals surface area (Å²) in [7, 11) is 0. The van der Waals surface area contributed by atoms with E-state index in [9.17, 15) is 18.0 Å². The second-order valence-corrected chi connectivity index (χ2v) is 5.76. The van der Waals surface area contributed by atoms with Crippen LogP contribution in [0.3, 0.4) is 0 Å². The number of nitrogens with one attached hydrogen (secondary N) is 1. The lowest BCUT2D eigenvalue weighted by atomic mass is 9.98. The van der Waals surface area contributed by atoms with E-state index in [0.717, 1.165) is 31.2 Å². The van der Waals surface area contributed by atoms with Crippen LogP contribution >= 0.6 is 0 Å². The van der Waals surface area contributed by atoms with Gasteiger partial charge >= 0.3 is 6.18 Å². The number of ether oxygens (including phenoxy) is 2. The molecule has 1 aliphatic carbocycles. The first-order valence-corrected chi connectivity index (χ1v) is 7.95. The number of nitrogens with zero attached hydrogens (tertiary/aromatic N) is 1. The van der Waals surface area contributed by atoms with Gasteiger partial charge in [-0.1, -0.05) is 6.42 Å². The summed E-state index contributed by atoms with van der Waals surface area (Å²) in [5.74, 6) is -0.104. The summed E-state index contributed by atoms with van der Waals surface area (Å²) in [5.41, 5.74) is 0.764. The molecule has 1 fully saturated rings. The number of carbonyl (C=O) groups is 1. The first-order valence-electron chi connectivity index (χ1n) is 7.95. The van der Waals surface area contributed by atoms with E-state index in [0.29, 0.717) is 5.88 Å². The number of rotatable bonds is 7. The third-order valence-electron chi connectivity index (χ3n) is 3.63. The predicted molar refractivity (Wildman–Crippen MR) is 80.5 cm³/mol. The molecule has 8 heteroatoms. The molecule has 24 heavy (non-hydrogen) atoms. The minimum atomic E-state index is -4.43. The lowest BCUT2D eigenvalue weighted by molar-refractivity contribution is -0.175. The van der Waals surface area contributed by atoms with Gasteiger partial charge in [-0.2, -0.15) is 13.2 Å². The van der Waals surface area contributed by atoms with Crippen molar-refractivity contribution in [1.29, 1.82) is 0 Å². The normalized spacial score (nSPS) is 16.0. The van der Waals surface area contributed by atoms with E-state index < -0.39 is 25.3 Å². The standard InChI is InChI=1S/C16H21F3N2O3/c17-16(18,19)11-23-10-14(22)21-9-12-6-7-20-15(8-12)24-13-4-2-1-3-5-13/h6-8,13H,1-5,9-11H2,(H,21,22). The van der Waals surface area contributed by atoms with E-state index in [1.807, 2.05) is 0 Å². The van der Waals surface area contributed by atoms with Crippen molar-refractivity contribution < 1.29 is 27.4 Å². The third kappa shape index (κ3) is 7.16. The van der Waals surface area contributed by atoms with Crippen LogP contribution in [-0.4, -0.2) is 36.4 Å². The molecule has 1 aromatic rings. The molecule has 0 saturated heterocycles. The number of amides is 1. The van der Waals surface area contributed by atoms with Crippen molar-refractivity contribution in [3.8, 4) is 5.88 Å². The van der Waals surface area contributed by atoms with Crippen molar-refractivity contribution in [1.82, 2.24) is 10.3 Å². The minimum Gasteiger partial charge on any atom is -0.474 e. The molecule has 5 nitrogen and oxygen atoms in total. The van der Waals surface area contributed by atoms with Crippen LogP contribution in [0.4, 0.5) is 13.2 Å². The molecule has 0 radical (unpaired) electrons. The molecule has 0 spiro atoms. The lowest BCUT2D eigenvalue weighted by Gasteiger charge is -2.22. The number of alkyl halides is 3. The highest BCUT2D eigenvalue weighted by Crippen LogP contribution is 2.22. The molecule has 0 aromatic carbocycles. The lowest BCUT2D eigenvalue weighted by Crippen LogP contribution is -2.29. The Kier molecular flexibility index (Phi) is 6.84. The number of hydrogen-bond donors (Lipinski definition) is 1. The molecule has 0 aliphatic heterocycles. The number of pyridine rings is 1. The fraction of sp³-hybridized carbons (Fsp3) is 0.625. The van der Waals surface area contributed by atoms with Gasteiger partial charge in [0, 0.05) is 18.8 Å². The van der Waals surface area contributed by atoms with Gasteiger partial charge in [-0.15, -0.1) is 0 Å². The maximum absolute atomic E-state index is 11.9. The van der Waals surface area contributed by atoms with Crippen LogP contribution in [0.25, 0.3) is 0 Å². The van der Waals surface area contributed by atoms with Gasteiger partial charge < -0.3 is 14.8 Å². The first kappa shape index (κ1) is 18.5. The zero-order chi connectivity index (χ0) is 17.4. The summed E-state index contributed by atoms with van der Waals surface area (Å²) in [5, 5.41) is 2.50. The summed E-state index contributed by atoms with van der Waals surface area (Å²) >= 11 is 0. The van der Waals surface area contributed by atoms with Crippen molar-refractivity contribution >= 4 is 5.91 Å². The number of carbonyl (C=O) groups excluding carboxylic acids is 1. The highest BCUT2D eigenvalue weighted by atomic mass is 19.4. The summed E-state index contributed by atoms with van der Waals surface area (Å²) in [4.78, 5) is 15.6. The summed E-state index contributed by atoms with van der Waals surface area (Å²) in [6.45, 7) is -1.89. The van der Waals surface area contributed by atoms with Crippen molar-refractivity contribution in [3.63, 3.8) is 0 Å². The van der Waals surface area contributed by atoms with Crippen LogP contribution in [0, 0.1) is 0 Å². The van der Waals surface area contributed by atoms with E-state index in [4.69, 9.17) is 4.74 Å². The quantitative estimate of drug-likeness (QED) is 0.825. The van der Waals surface area contributed by atoms with E-state index in [1.54, 1.807) is 18.3 Å². The Morgan fingerprint density at radius 1 is 1.29 bits per heavy atom. The maximum atomic E-state index is 11.9. The second-order valence-electron chi connectivity index (χ2n) is 5.76. The van der Waals surface area contributed by atoms with Gasteiger partial charge in [-0.3, -0.25) is 4.79 Å². The average Bonchev–Trinajstić information content (AvgIpc) is 2.53. The molecular weight excluding hydrogens is 325 g/mol. The van der Waals surface area contributed by atoms with Crippen LogP contribution in [0.1, 0.15) is 37.7 Å². The van der Waals surface area contributed by atoms with Crippen molar-refractivity contribution in [2.75, 3.05) is 13.2 Å². The Bertz CT molecular complexity index is 532. The van der Waals surface area contributed by atoms with Crippen LogP contribution < -0.4 is 10.1 Å². The monoisotopic (exact) mass is 346 g/mol.